The number of nitrogens with one attached hydrogen (secondary N) is 1. The Bertz CT molecular complexity index is 868. The van der Waals surface area contributed by atoms with Crippen LogP contribution in [0.5, 0.6) is 0 Å². The Morgan fingerprint density at radius 3 is 2.64 bits per heavy atom. The Balaban J connectivity index is 1.41. The van der Waals surface area contributed by atoms with Crippen molar-refractivity contribution in [3.63, 3.8) is 0 Å². The molecule has 1 fully saturated rings. The number of hydrogen-bond acceptors (Lipinski definition) is 2. The van der Waals surface area contributed by atoms with E-state index in [-0.39, 0.29) is 23.4 Å². The molecule has 1 saturated carbocycles. The molecule has 25 heavy (non-hydrogen) atoms. The fourth-order valence-electron chi connectivity index (χ4n) is 3.33. The fraction of sp³-hybridized carbons (Fsp3) is 0.263. The molecular weight excluding hydrogens is 326 g/mol. The van der Waals surface area contributed by atoms with E-state index in [9.17, 15) is 18.4 Å². The number of benzene rings is 2. The predicted octanol–water partition coefficient (Wildman–Crippen LogP) is 3.13. The smallest absolute Gasteiger partial charge is 0.230 e. The molecule has 1 aliphatic heterocycles. The van der Waals surface area contributed by atoms with Crippen LogP contribution in [0.25, 0.3) is 0 Å². The molecule has 2 aliphatic rings. The summed E-state index contributed by atoms with van der Waals surface area (Å²) in [5, 5.41) is 2.55. The number of hydrogen-bond donors (Lipinski definition) is 1. The van der Waals surface area contributed by atoms with Gasteiger partial charge in [-0.3, -0.25) is 9.59 Å². The minimum absolute atomic E-state index is 0.0459. The Morgan fingerprint density at radius 1 is 1.04 bits per heavy atom. The van der Waals surface area contributed by atoms with Crippen molar-refractivity contribution in [2.45, 2.75) is 12.8 Å². The lowest BCUT2D eigenvalue weighted by Gasteiger charge is -2.17. The number of carbonyl (C=O) groups is 2. The zero-order valence-electron chi connectivity index (χ0n) is 13.3. The second kappa shape index (κ2) is 5.95. The summed E-state index contributed by atoms with van der Waals surface area (Å²) in [6.45, 7) is 0.631. The Hall–Kier alpha value is -2.76. The van der Waals surface area contributed by atoms with Gasteiger partial charge < -0.3 is 10.2 Å². The third kappa shape index (κ3) is 2.88. The summed E-state index contributed by atoms with van der Waals surface area (Å²) in [5.41, 5.74) is 2.24. The van der Waals surface area contributed by atoms with Gasteiger partial charge in [-0.2, -0.15) is 0 Å². The van der Waals surface area contributed by atoms with E-state index < -0.39 is 17.6 Å². The summed E-state index contributed by atoms with van der Waals surface area (Å²) in [7, 11) is 0. The maximum Gasteiger partial charge on any atom is 0.230 e. The average Bonchev–Trinajstić information content (AvgIpc) is 3.30. The van der Waals surface area contributed by atoms with Gasteiger partial charge in [0.15, 0.2) is 11.6 Å². The van der Waals surface area contributed by atoms with Gasteiger partial charge in [-0.15, -0.1) is 0 Å². The van der Waals surface area contributed by atoms with Crippen LogP contribution in [0.1, 0.15) is 12.0 Å². The first-order valence-electron chi connectivity index (χ1n) is 8.20. The van der Waals surface area contributed by atoms with Crippen molar-refractivity contribution in [3.05, 3.63) is 59.7 Å². The molecule has 1 aliphatic carbocycles. The number of halogens is 2. The van der Waals surface area contributed by atoms with Gasteiger partial charge >= 0.3 is 0 Å². The van der Waals surface area contributed by atoms with Gasteiger partial charge in [-0.1, -0.05) is 18.2 Å². The number of anilines is 2. The number of fused-ring (bicyclic) bond motifs is 1. The van der Waals surface area contributed by atoms with E-state index in [1.165, 1.54) is 6.07 Å². The highest BCUT2D eigenvalue weighted by Gasteiger charge is 2.50. The number of para-hydroxylation sites is 1. The molecular formula is C19H16F2N2O2. The highest BCUT2D eigenvalue weighted by Crippen LogP contribution is 2.43. The first-order valence-corrected chi connectivity index (χ1v) is 8.20. The van der Waals surface area contributed by atoms with Crippen molar-refractivity contribution in [2.75, 3.05) is 16.8 Å². The van der Waals surface area contributed by atoms with Crippen molar-refractivity contribution in [2.24, 2.45) is 11.8 Å². The van der Waals surface area contributed by atoms with Gasteiger partial charge in [0.2, 0.25) is 11.8 Å². The van der Waals surface area contributed by atoms with Gasteiger partial charge in [0.05, 0.1) is 11.8 Å². The maximum absolute atomic E-state index is 13.2. The number of nitrogens with zero attached hydrogens (tertiary/aromatic N) is 1. The van der Waals surface area contributed by atoms with Crippen LogP contribution >= 0.6 is 0 Å². The molecule has 0 saturated heterocycles. The minimum Gasteiger partial charge on any atom is -0.326 e. The summed E-state index contributed by atoms with van der Waals surface area (Å²) in [4.78, 5) is 26.7. The molecule has 0 radical (unpaired) electrons. The van der Waals surface area contributed by atoms with Gasteiger partial charge in [0.25, 0.3) is 0 Å². The molecule has 128 valence electrons. The first-order chi connectivity index (χ1) is 12.0. The summed E-state index contributed by atoms with van der Waals surface area (Å²) < 4.78 is 26.1. The molecule has 1 heterocycles. The maximum atomic E-state index is 13.2. The lowest BCUT2D eigenvalue weighted by atomic mass is 10.2. The zero-order valence-corrected chi connectivity index (χ0v) is 13.3. The van der Waals surface area contributed by atoms with E-state index in [4.69, 9.17) is 0 Å². The lowest BCUT2D eigenvalue weighted by Crippen LogP contribution is -2.32. The Labute approximate surface area is 143 Å². The van der Waals surface area contributed by atoms with Crippen LogP contribution in [0.4, 0.5) is 20.2 Å². The molecule has 4 nitrogen and oxygen atoms in total. The van der Waals surface area contributed by atoms with Crippen LogP contribution in [0.3, 0.4) is 0 Å². The summed E-state index contributed by atoms with van der Waals surface area (Å²) in [6.07, 6.45) is 1.30. The van der Waals surface area contributed by atoms with E-state index in [1.807, 2.05) is 24.3 Å². The predicted molar refractivity (Wildman–Crippen MR) is 89.1 cm³/mol. The molecule has 0 aromatic heterocycles. The molecule has 4 rings (SSSR count). The largest absolute Gasteiger partial charge is 0.326 e. The van der Waals surface area contributed by atoms with Crippen molar-refractivity contribution in [3.8, 4) is 0 Å². The van der Waals surface area contributed by atoms with Gasteiger partial charge in [-0.05, 0) is 36.6 Å². The molecule has 2 aromatic carbocycles. The molecule has 1 N–H and O–H groups in total. The second-order valence-electron chi connectivity index (χ2n) is 6.44. The van der Waals surface area contributed by atoms with Crippen LogP contribution in [-0.4, -0.2) is 18.4 Å². The van der Waals surface area contributed by atoms with Gasteiger partial charge in [0, 0.05) is 24.0 Å². The molecule has 2 unspecified atom stereocenters. The first kappa shape index (κ1) is 15.7. The summed E-state index contributed by atoms with van der Waals surface area (Å²) >= 11 is 0. The lowest BCUT2D eigenvalue weighted by molar-refractivity contribution is -0.123. The monoisotopic (exact) mass is 342 g/mol. The van der Waals surface area contributed by atoms with Crippen molar-refractivity contribution in [1.82, 2.24) is 0 Å². The van der Waals surface area contributed by atoms with Crippen LogP contribution < -0.4 is 10.2 Å². The minimum atomic E-state index is -1.02. The zero-order chi connectivity index (χ0) is 17.6. The van der Waals surface area contributed by atoms with Crippen molar-refractivity contribution < 1.29 is 18.4 Å². The summed E-state index contributed by atoms with van der Waals surface area (Å²) in [6, 6.07) is 10.9. The SMILES string of the molecule is O=C(Nc1ccc(F)c(F)c1)C1CC1C(=O)N1CCc2ccccc21. The van der Waals surface area contributed by atoms with Crippen LogP contribution in [0.15, 0.2) is 42.5 Å². The van der Waals surface area contributed by atoms with E-state index in [0.29, 0.717) is 13.0 Å². The summed E-state index contributed by atoms with van der Waals surface area (Å²) in [5.74, 6) is -3.14. The molecule has 2 aromatic rings. The number of amides is 2. The normalized spacial score (nSPS) is 21.0. The Kier molecular flexibility index (Phi) is 3.75. The molecule has 0 spiro atoms. The quantitative estimate of drug-likeness (QED) is 0.932. The fourth-order valence-corrected chi connectivity index (χ4v) is 3.33. The van der Waals surface area contributed by atoms with Crippen molar-refractivity contribution in [1.29, 1.82) is 0 Å². The van der Waals surface area contributed by atoms with E-state index in [2.05, 4.69) is 5.32 Å². The topological polar surface area (TPSA) is 49.4 Å². The highest BCUT2D eigenvalue weighted by molar-refractivity contribution is 6.05. The second-order valence-corrected chi connectivity index (χ2v) is 6.44. The Morgan fingerprint density at radius 2 is 1.84 bits per heavy atom. The third-order valence-corrected chi connectivity index (χ3v) is 4.78. The molecule has 0 bridgehead atoms. The highest BCUT2D eigenvalue weighted by atomic mass is 19.2. The molecule has 6 heteroatoms. The standard InChI is InChI=1S/C19H16F2N2O2/c20-15-6-5-12(9-16(15)21)22-18(24)13-10-14(13)19(25)23-8-7-11-3-1-2-4-17(11)23/h1-6,9,13-14H,7-8,10H2,(H,22,24). The number of carbonyl (C=O) groups excluding carboxylic acids is 2. The van der Waals surface area contributed by atoms with E-state index in [1.54, 1.807) is 4.90 Å². The van der Waals surface area contributed by atoms with Crippen LogP contribution in [-0.2, 0) is 16.0 Å². The van der Waals surface area contributed by atoms with Crippen LogP contribution in [0, 0.1) is 23.5 Å². The van der Waals surface area contributed by atoms with Crippen molar-refractivity contribution >= 4 is 23.2 Å². The third-order valence-electron chi connectivity index (χ3n) is 4.78. The average molecular weight is 342 g/mol. The number of rotatable bonds is 3. The van der Waals surface area contributed by atoms with Gasteiger partial charge in [0.1, 0.15) is 0 Å². The molecule has 2 atom stereocenters. The van der Waals surface area contributed by atoms with Gasteiger partial charge in [-0.25, -0.2) is 8.78 Å². The van der Waals surface area contributed by atoms with E-state index >= 15 is 0 Å². The van der Waals surface area contributed by atoms with Crippen LogP contribution in [0.2, 0.25) is 0 Å². The van der Waals surface area contributed by atoms with E-state index in [0.717, 1.165) is 29.8 Å². The molecule has 2 amide bonds.